The van der Waals surface area contributed by atoms with Crippen molar-refractivity contribution in [1.29, 1.82) is 0 Å². The normalized spacial score (nSPS) is 11.1. The van der Waals surface area contributed by atoms with Gasteiger partial charge in [0.1, 0.15) is 30.4 Å². The number of benzene rings is 4. The van der Waals surface area contributed by atoms with Crippen LogP contribution in [0, 0.1) is 0 Å². The third-order valence-electron chi connectivity index (χ3n) is 7.88. The molecule has 74 heavy (non-hydrogen) atoms. The monoisotopic (exact) mass is 1230 g/mol. The summed E-state index contributed by atoms with van der Waals surface area (Å²) in [5, 5.41) is 51.3. The Morgan fingerprint density at radius 3 is 1.43 bits per heavy atom. The smallest absolute Gasteiger partial charge is 0.744 e. The minimum Gasteiger partial charge on any atom is -0.744 e. The molecule has 2 heterocycles. The Bertz CT molecular complexity index is 3240. The Morgan fingerprint density at radius 2 is 0.919 bits per heavy atom. The molecule has 0 radical (unpaired) electrons. The SMILES string of the molecule is O=S(=O)([O-])c1ccc(SOO[O-])c(Nc2nc(Cl)nc(Nc3ccc(/C=C/c4ccc(Nc5nc(Cl)nc(Nc6cc(SOO[O-])ccc6S(=O)(=O)[O-])n5)cc4S(=O)(=O)[O-])c(SOO[O-])c3)n2)c1.[Na+].[Na+].[Na+].[Na+].[Na+].[Na+]. The summed E-state index contributed by atoms with van der Waals surface area (Å²) in [6.07, 6.45) is 2.58. The maximum atomic E-state index is 12.5. The van der Waals surface area contributed by atoms with Gasteiger partial charge in [-0.05, 0) is 95.0 Å². The van der Waals surface area contributed by atoms with E-state index in [2.05, 4.69) is 79.3 Å². The number of aromatic nitrogens is 6. The molecule has 0 unspecified atom stereocenters. The molecule has 0 aliphatic rings. The number of anilines is 8. The van der Waals surface area contributed by atoms with E-state index in [0.717, 1.165) is 42.5 Å². The molecule has 0 bridgehead atoms. The molecule has 0 aliphatic heterocycles. The molecule has 0 aliphatic carbocycles. The molecule has 6 rings (SSSR count). The van der Waals surface area contributed by atoms with E-state index in [9.17, 15) is 54.7 Å². The molecule has 4 aromatic carbocycles. The number of hydrogen-bond acceptors (Lipinski definition) is 31. The van der Waals surface area contributed by atoms with Crippen LogP contribution in [0.3, 0.4) is 0 Å². The van der Waals surface area contributed by atoms with E-state index in [1.54, 1.807) is 0 Å². The Labute approximate surface area is 574 Å². The molecule has 360 valence electrons. The van der Waals surface area contributed by atoms with Crippen molar-refractivity contribution in [2.45, 2.75) is 29.4 Å². The number of hydrogen-bond donors (Lipinski definition) is 4. The standard InChI is InChI=1S/C32H24Cl2N10O18S6.6Na/c33-27-39-29(43-31(41-27)37-21-14-20(66(48,49)50)8-9-23(21)64-61-58-46)35-17-5-3-15(24(11-17)65-62-59-47)1-2-16-4-6-18(12-26(16)68(54,55)56)36-30-40-28(34)42-32(44-30)38-22-13-19(63-60-57-45)7-10-25(22)67(51,52)53;;;;;;/h1-14,45-47H,(H,48,49,50)(H,51,52,53)(H,54,55,56)(H2,35,37,39,41,43)(H2,36,38,40,42,44);;;;;;/q;6*+1/p-6/b2-1+;;;;;;. The zero-order chi connectivity index (χ0) is 49.2. The van der Waals surface area contributed by atoms with Crippen molar-refractivity contribution in [3.05, 3.63) is 94.5 Å². The van der Waals surface area contributed by atoms with E-state index in [1.807, 2.05) is 0 Å². The summed E-state index contributed by atoms with van der Waals surface area (Å²) in [5.41, 5.74) is -0.242. The summed E-state index contributed by atoms with van der Waals surface area (Å²) in [5.74, 6) is -1.30. The van der Waals surface area contributed by atoms with Gasteiger partial charge < -0.3 is 50.7 Å². The first-order chi connectivity index (χ1) is 32.2. The Balaban J connectivity index is 0.00000888. The minimum absolute atomic E-state index is 0. The van der Waals surface area contributed by atoms with Gasteiger partial charge in [0, 0.05) is 21.2 Å². The van der Waals surface area contributed by atoms with Gasteiger partial charge in [-0.1, -0.05) is 24.3 Å². The van der Waals surface area contributed by atoms with Crippen LogP contribution in [0.4, 0.5) is 46.5 Å². The second-order valence-electron chi connectivity index (χ2n) is 12.2. The van der Waals surface area contributed by atoms with Crippen LogP contribution in [-0.2, 0) is 58.5 Å². The maximum Gasteiger partial charge on any atom is 1.00 e. The van der Waals surface area contributed by atoms with E-state index in [0.29, 0.717) is 36.1 Å². The number of nitrogens with zero attached hydrogens (tertiary/aromatic N) is 6. The van der Waals surface area contributed by atoms with E-state index in [-0.39, 0.29) is 249 Å². The summed E-state index contributed by atoms with van der Waals surface area (Å²) in [7, 11) is -15.2. The van der Waals surface area contributed by atoms with Crippen LogP contribution in [0.2, 0.25) is 10.6 Å². The molecule has 0 saturated carbocycles. The Hall–Kier alpha value is 0.840. The molecule has 2 aromatic heterocycles. The van der Waals surface area contributed by atoms with Gasteiger partial charge in [0.15, 0.2) is 0 Å². The largest absolute Gasteiger partial charge is 1.00 e. The zero-order valence-electron chi connectivity index (χ0n) is 38.3. The van der Waals surface area contributed by atoms with Crippen LogP contribution < -0.4 is 214 Å². The van der Waals surface area contributed by atoms with Crippen molar-refractivity contribution in [3.63, 3.8) is 0 Å². The average molecular weight is 1230 g/mol. The van der Waals surface area contributed by atoms with Crippen molar-refractivity contribution >= 4 is 148 Å². The summed E-state index contributed by atoms with van der Waals surface area (Å²) >= 11 is 13.3. The second kappa shape index (κ2) is 35.0. The van der Waals surface area contributed by atoms with E-state index in [1.165, 1.54) is 42.5 Å². The van der Waals surface area contributed by atoms with Crippen molar-refractivity contribution in [1.82, 2.24) is 29.9 Å². The van der Waals surface area contributed by atoms with Gasteiger partial charge in [-0.15, -0.1) is 0 Å². The molecular weight excluding hydrogens is 1210 g/mol. The third kappa shape index (κ3) is 23.0. The molecular formula is C32H18Cl2N10Na6O18S6. The van der Waals surface area contributed by atoms with Crippen LogP contribution in [-0.4, -0.2) is 68.8 Å². The number of rotatable bonds is 22. The molecule has 6 aromatic rings. The Morgan fingerprint density at radius 1 is 0.459 bits per heavy atom. The molecule has 0 amide bonds. The fourth-order valence-electron chi connectivity index (χ4n) is 5.26. The van der Waals surface area contributed by atoms with Crippen molar-refractivity contribution in [3.8, 4) is 0 Å². The van der Waals surface area contributed by atoms with Gasteiger partial charge in [-0.2, -0.15) is 42.9 Å². The van der Waals surface area contributed by atoms with E-state index >= 15 is 0 Å². The average Bonchev–Trinajstić information content (AvgIpc) is 3.25. The molecule has 0 saturated heterocycles. The summed E-state index contributed by atoms with van der Waals surface area (Å²) in [6, 6.07) is 13.9. The summed E-state index contributed by atoms with van der Waals surface area (Å²) in [4.78, 5) is 21.9. The van der Waals surface area contributed by atoms with Gasteiger partial charge in [0.25, 0.3) is 0 Å². The van der Waals surface area contributed by atoms with Gasteiger partial charge in [-0.3, -0.25) is 15.1 Å². The topological polar surface area (TPSA) is 422 Å². The molecule has 0 spiro atoms. The van der Waals surface area contributed by atoms with Crippen molar-refractivity contribution in [2.24, 2.45) is 0 Å². The zero-order valence-corrected chi connectivity index (χ0v) is 56.7. The predicted molar refractivity (Wildman–Crippen MR) is 225 cm³/mol. The van der Waals surface area contributed by atoms with Crippen LogP contribution in [0.1, 0.15) is 11.1 Å². The van der Waals surface area contributed by atoms with Crippen LogP contribution in [0.15, 0.2) is 102 Å². The minimum atomic E-state index is -5.21. The van der Waals surface area contributed by atoms with E-state index in [4.69, 9.17) is 23.2 Å². The van der Waals surface area contributed by atoms with Crippen molar-refractivity contribution in [2.75, 3.05) is 21.3 Å². The molecule has 28 nitrogen and oxygen atoms in total. The quantitative estimate of drug-likeness (QED) is 0.0122. The van der Waals surface area contributed by atoms with Gasteiger partial charge in [0.2, 0.25) is 34.4 Å². The summed E-state index contributed by atoms with van der Waals surface area (Å²) < 4.78 is 121. The first-order valence-electron chi connectivity index (χ1n) is 17.1. The number of nitrogens with one attached hydrogen (secondary N) is 4. The van der Waals surface area contributed by atoms with Crippen molar-refractivity contribution < 1.29 is 260 Å². The van der Waals surface area contributed by atoms with Crippen LogP contribution in [0.25, 0.3) is 12.2 Å². The molecule has 42 heteroatoms. The molecule has 0 atom stereocenters. The maximum absolute atomic E-state index is 12.5. The third-order valence-corrected chi connectivity index (χ3v) is 12.7. The summed E-state index contributed by atoms with van der Waals surface area (Å²) in [6.45, 7) is 0. The number of halogens is 2. The second-order valence-corrected chi connectivity index (χ2v) is 19.2. The molecule has 4 N–H and O–H groups in total. The predicted octanol–water partition coefficient (Wildman–Crippen LogP) is -15.1. The van der Waals surface area contributed by atoms with Crippen LogP contribution >= 0.6 is 59.3 Å². The first kappa shape index (κ1) is 74.8. The van der Waals surface area contributed by atoms with Gasteiger partial charge in [-0.25, -0.2) is 25.3 Å². The fraction of sp³-hybridized carbons (Fsp3) is 0. The molecule has 0 fully saturated rings. The van der Waals surface area contributed by atoms with Crippen LogP contribution in [0.5, 0.6) is 0 Å². The van der Waals surface area contributed by atoms with E-state index < -0.39 is 56.3 Å². The van der Waals surface area contributed by atoms with Gasteiger partial charge >= 0.3 is 177 Å². The Kier molecular flexibility index (Phi) is 35.4. The fourth-order valence-corrected chi connectivity index (χ4v) is 8.71. The first-order valence-corrected chi connectivity index (χ1v) is 24.4. The van der Waals surface area contributed by atoms with Gasteiger partial charge in [0.05, 0.1) is 67.1 Å².